The van der Waals surface area contributed by atoms with Gasteiger partial charge in [0.15, 0.2) is 5.15 Å². The second-order valence-corrected chi connectivity index (χ2v) is 5.25. The van der Waals surface area contributed by atoms with Crippen LogP contribution in [0.15, 0.2) is 24.3 Å². The monoisotopic (exact) mass is 284 g/mol. The minimum absolute atomic E-state index is 0.290. The molecule has 1 heterocycles. The van der Waals surface area contributed by atoms with E-state index in [1.54, 1.807) is 24.3 Å². The Labute approximate surface area is 122 Å². The van der Waals surface area contributed by atoms with Gasteiger partial charge in [-0.2, -0.15) is 15.6 Å². The van der Waals surface area contributed by atoms with Crippen LogP contribution in [0.1, 0.15) is 30.7 Å². The maximum absolute atomic E-state index is 9.23. The Morgan fingerprint density at radius 1 is 1.30 bits per heavy atom. The summed E-state index contributed by atoms with van der Waals surface area (Å²) in [6, 6.07) is 11.2. The predicted octanol–water partition coefficient (Wildman–Crippen LogP) is 3.47. The Morgan fingerprint density at radius 3 is 2.65 bits per heavy atom. The van der Waals surface area contributed by atoms with Crippen molar-refractivity contribution in [2.75, 3.05) is 0 Å². The number of nitriles is 2. The predicted molar refractivity (Wildman–Crippen MR) is 76.5 cm³/mol. The number of nitrogens with zero attached hydrogens (tertiary/aromatic N) is 4. The fraction of sp³-hybridized carbons (Fsp3) is 0.267. The molecule has 0 amide bonds. The fourth-order valence-electron chi connectivity index (χ4n) is 1.96. The van der Waals surface area contributed by atoms with Crippen LogP contribution in [0.4, 0.5) is 0 Å². The maximum atomic E-state index is 9.23. The average molecular weight is 285 g/mol. The molecule has 0 unspecified atom stereocenters. The van der Waals surface area contributed by atoms with E-state index in [-0.39, 0.29) is 0 Å². The van der Waals surface area contributed by atoms with Crippen LogP contribution in [-0.2, 0) is 6.42 Å². The number of hydrogen-bond acceptors (Lipinski definition) is 3. The lowest BCUT2D eigenvalue weighted by Crippen LogP contribution is -2.00. The van der Waals surface area contributed by atoms with Gasteiger partial charge in [-0.3, -0.25) is 0 Å². The van der Waals surface area contributed by atoms with Crippen LogP contribution in [0.5, 0.6) is 0 Å². The Balaban J connectivity index is 2.55. The largest absolute Gasteiger partial charge is 0.220 e. The molecule has 5 heteroatoms. The molecular formula is C15H13ClN4. The summed E-state index contributed by atoms with van der Waals surface area (Å²) < 4.78 is 1.51. The highest BCUT2D eigenvalue weighted by atomic mass is 35.5. The van der Waals surface area contributed by atoms with Crippen molar-refractivity contribution >= 4 is 11.6 Å². The minimum atomic E-state index is 0.290. The van der Waals surface area contributed by atoms with E-state index < -0.39 is 0 Å². The third-order valence-corrected chi connectivity index (χ3v) is 3.18. The summed E-state index contributed by atoms with van der Waals surface area (Å²) in [7, 11) is 0. The number of halogens is 1. The van der Waals surface area contributed by atoms with Crippen LogP contribution in [0.25, 0.3) is 5.69 Å². The summed E-state index contributed by atoms with van der Waals surface area (Å²) in [5.74, 6) is 0.381. The van der Waals surface area contributed by atoms with E-state index in [9.17, 15) is 5.26 Å². The molecule has 0 N–H and O–H groups in total. The number of hydrogen-bond donors (Lipinski definition) is 0. The SMILES string of the molecule is CC(C)Cc1nn(-c2cccc(C#N)c2)c(Cl)c1C#N. The summed E-state index contributed by atoms with van der Waals surface area (Å²) in [6.45, 7) is 4.12. The van der Waals surface area contributed by atoms with Crippen LogP contribution >= 0.6 is 11.6 Å². The minimum Gasteiger partial charge on any atom is -0.220 e. The first-order valence-electron chi connectivity index (χ1n) is 6.24. The molecular weight excluding hydrogens is 272 g/mol. The molecule has 0 aliphatic rings. The van der Waals surface area contributed by atoms with Crippen molar-refractivity contribution in [1.29, 1.82) is 10.5 Å². The quantitative estimate of drug-likeness (QED) is 0.867. The lowest BCUT2D eigenvalue weighted by molar-refractivity contribution is 0.627. The van der Waals surface area contributed by atoms with Gasteiger partial charge in [0.2, 0.25) is 0 Å². The van der Waals surface area contributed by atoms with Crippen LogP contribution in [0.2, 0.25) is 5.15 Å². The third-order valence-electron chi connectivity index (χ3n) is 2.83. The van der Waals surface area contributed by atoms with E-state index in [1.807, 2.05) is 0 Å². The average Bonchev–Trinajstić information content (AvgIpc) is 2.74. The topological polar surface area (TPSA) is 65.4 Å². The normalized spacial score (nSPS) is 10.3. The molecule has 0 fully saturated rings. The van der Waals surface area contributed by atoms with Crippen molar-refractivity contribution < 1.29 is 0 Å². The van der Waals surface area contributed by atoms with Crippen molar-refractivity contribution in [3.05, 3.63) is 46.2 Å². The van der Waals surface area contributed by atoms with Crippen molar-refractivity contribution in [2.45, 2.75) is 20.3 Å². The highest BCUT2D eigenvalue weighted by Gasteiger charge is 2.18. The molecule has 0 aliphatic heterocycles. The number of aromatic nitrogens is 2. The first-order chi connectivity index (χ1) is 9.56. The second kappa shape index (κ2) is 5.77. The summed E-state index contributed by atoms with van der Waals surface area (Å²) in [5, 5.41) is 22.9. The van der Waals surface area contributed by atoms with Crippen molar-refractivity contribution in [1.82, 2.24) is 9.78 Å². The molecule has 2 aromatic rings. The molecule has 2 rings (SSSR count). The first-order valence-corrected chi connectivity index (χ1v) is 6.62. The maximum Gasteiger partial charge on any atom is 0.150 e. The summed E-state index contributed by atoms with van der Waals surface area (Å²) >= 11 is 6.24. The van der Waals surface area contributed by atoms with E-state index in [4.69, 9.17) is 16.9 Å². The van der Waals surface area contributed by atoms with Crippen LogP contribution in [-0.4, -0.2) is 9.78 Å². The standard InChI is InChI=1S/C15H13ClN4/c1-10(2)6-14-13(9-18)15(16)20(19-14)12-5-3-4-11(7-12)8-17/h3-5,7,10H,6H2,1-2H3. The van der Waals surface area contributed by atoms with Gasteiger partial charge in [0, 0.05) is 0 Å². The van der Waals surface area contributed by atoms with Gasteiger partial charge in [-0.1, -0.05) is 31.5 Å². The van der Waals surface area contributed by atoms with Gasteiger partial charge in [-0.15, -0.1) is 0 Å². The smallest absolute Gasteiger partial charge is 0.150 e. The zero-order valence-electron chi connectivity index (χ0n) is 11.3. The van der Waals surface area contributed by atoms with E-state index in [0.717, 1.165) is 0 Å². The third kappa shape index (κ3) is 2.66. The molecule has 0 saturated carbocycles. The first kappa shape index (κ1) is 14.1. The van der Waals surface area contributed by atoms with Gasteiger partial charge in [0.05, 0.1) is 23.0 Å². The van der Waals surface area contributed by atoms with Crippen molar-refractivity contribution in [3.8, 4) is 17.8 Å². The zero-order valence-corrected chi connectivity index (χ0v) is 12.0. The van der Waals surface area contributed by atoms with E-state index in [0.29, 0.717) is 40.0 Å². The number of benzene rings is 1. The van der Waals surface area contributed by atoms with Crippen LogP contribution in [0.3, 0.4) is 0 Å². The molecule has 20 heavy (non-hydrogen) atoms. The van der Waals surface area contributed by atoms with Gasteiger partial charge in [0.1, 0.15) is 11.6 Å². The van der Waals surface area contributed by atoms with E-state index in [2.05, 4.69) is 31.1 Å². The second-order valence-electron chi connectivity index (χ2n) is 4.90. The molecule has 4 nitrogen and oxygen atoms in total. The van der Waals surface area contributed by atoms with Gasteiger partial charge in [-0.25, -0.2) is 4.68 Å². The summed E-state index contributed by atoms with van der Waals surface area (Å²) in [4.78, 5) is 0. The van der Waals surface area contributed by atoms with Crippen molar-refractivity contribution in [3.63, 3.8) is 0 Å². The lowest BCUT2D eigenvalue weighted by atomic mass is 10.1. The number of rotatable bonds is 3. The Hall–Kier alpha value is -2.30. The molecule has 0 spiro atoms. The van der Waals surface area contributed by atoms with Gasteiger partial charge >= 0.3 is 0 Å². The van der Waals surface area contributed by atoms with E-state index in [1.165, 1.54) is 4.68 Å². The highest BCUT2D eigenvalue weighted by molar-refractivity contribution is 6.31. The molecule has 1 aromatic heterocycles. The molecule has 0 bridgehead atoms. The van der Waals surface area contributed by atoms with Crippen LogP contribution in [0, 0.1) is 28.6 Å². The molecule has 0 aliphatic carbocycles. The Morgan fingerprint density at radius 2 is 2.05 bits per heavy atom. The van der Waals surface area contributed by atoms with Crippen LogP contribution < -0.4 is 0 Å². The zero-order chi connectivity index (χ0) is 14.7. The molecule has 0 radical (unpaired) electrons. The molecule has 1 aromatic carbocycles. The summed E-state index contributed by atoms with van der Waals surface area (Å²) in [5.41, 5.74) is 2.30. The molecule has 0 atom stereocenters. The summed E-state index contributed by atoms with van der Waals surface area (Å²) in [6.07, 6.45) is 0.688. The van der Waals surface area contributed by atoms with E-state index >= 15 is 0 Å². The Bertz CT molecular complexity index is 716. The fourth-order valence-corrected chi connectivity index (χ4v) is 2.24. The Kier molecular flexibility index (Phi) is 4.08. The highest BCUT2D eigenvalue weighted by Crippen LogP contribution is 2.25. The van der Waals surface area contributed by atoms with Crippen molar-refractivity contribution in [2.24, 2.45) is 5.92 Å². The van der Waals surface area contributed by atoms with Gasteiger partial charge in [0.25, 0.3) is 0 Å². The van der Waals surface area contributed by atoms with Gasteiger partial charge in [-0.05, 0) is 30.5 Å². The molecule has 0 saturated heterocycles. The lowest BCUT2D eigenvalue weighted by Gasteiger charge is -2.03. The molecule has 100 valence electrons. The van der Waals surface area contributed by atoms with Gasteiger partial charge < -0.3 is 0 Å².